The lowest BCUT2D eigenvalue weighted by atomic mass is 10.1. The molecule has 0 aliphatic heterocycles. The minimum Gasteiger partial charge on any atom is -0.480 e. The second-order valence-electron chi connectivity index (χ2n) is 2.87. The highest BCUT2D eigenvalue weighted by Gasteiger charge is 2.14. The molecule has 1 aromatic carbocycles. The van der Waals surface area contributed by atoms with Crippen LogP contribution in [0.2, 0.25) is 0 Å². The second kappa shape index (κ2) is 12.7. The Morgan fingerprint density at radius 1 is 1.18 bits per heavy atom. The average Bonchev–Trinajstić information content (AvgIpc) is 2.41. The lowest BCUT2D eigenvalue weighted by Crippen LogP contribution is -2.35. The minimum atomic E-state index is -0.814. The molecule has 0 radical (unpaired) electrons. The molecule has 0 spiro atoms. The lowest BCUT2D eigenvalue weighted by molar-refractivity contribution is -0.139. The monoisotopic (exact) mass is 239 g/mol. The fourth-order valence-corrected chi connectivity index (χ4v) is 1.16. The largest absolute Gasteiger partial charge is 0.480 e. The van der Waals surface area contributed by atoms with Crippen LogP contribution in [-0.4, -0.2) is 24.2 Å². The van der Waals surface area contributed by atoms with E-state index in [1.165, 1.54) is 0 Å². The van der Waals surface area contributed by atoms with Crippen LogP contribution in [-0.2, 0) is 11.2 Å². The van der Waals surface area contributed by atoms with Crippen molar-refractivity contribution >= 4 is 5.97 Å². The summed E-state index contributed by atoms with van der Waals surface area (Å²) >= 11 is 0. The average molecular weight is 239 g/mol. The predicted molar refractivity (Wildman–Crippen MR) is 73.3 cm³/mol. The molecule has 1 aromatic rings. The maximum absolute atomic E-state index is 10.7. The molecule has 2 N–H and O–H groups in total. The highest BCUT2D eigenvalue weighted by molar-refractivity contribution is 5.73. The van der Waals surface area contributed by atoms with Crippen LogP contribution in [0.4, 0.5) is 0 Å². The molecule has 0 saturated heterocycles. The molecule has 98 valence electrons. The van der Waals surface area contributed by atoms with Gasteiger partial charge in [0.25, 0.3) is 0 Å². The fourth-order valence-electron chi connectivity index (χ4n) is 1.16. The van der Waals surface area contributed by atoms with Gasteiger partial charge in [-0.25, -0.2) is 0 Å². The maximum Gasteiger partial charge on any atom is 0.321 e. The molecule has 3 heteroatoms. The molecule has 0 bridgehead atoms. The topological polar surface area (TPSA) is 49.3 Å². The number of hydrogen-bond donors (Lipinski definition) is 2. The van der Waals surface area contributed by atoms with Crippen LogP contribution < -0.4 is 5.32 Å². The summed E-state index contributed by atoms with van der Waals surface area (Å²) in [5.41, 5.74) is 1.03. The lowest BCUT2D eigenvalue weighted by Gasteiger charge is -2.10. The van der Waals surface area contributed by atoms with E-state index in [1.54, 1.807) is 7.05 Å². The summed E-state index contributed by atoms with van der Waals surface area (Å²) in [5.74, 6) is -0.814. The molecule has 1 rings (SSSR count). The maximum atomic E-state index is 10.7. The Bertz CT molecular complexity index is 273. The summed E-state index contributed by atoms with van der Waals surface area (Å²) in [6.45, 7) is 8.00. The molecule has 0 aliphatic carbocycles. The van der Waals surface area contributed by atoms with Crippen LogP contribution in [0, 0.1) is 0 Å². The van der Waals surface area contributed by atoms with E-state index in [2.05, 4.69) is 5.32 Å². The summed E-state index contributed by atoms with van der Waals surface area (Å²) in [5, 5.41) is 11.5. The number of nitrogens with one attached hydrogen (secondary N) is 1. The Morgan fingerprint density at radius 3 is 2.00 bits per heavy atom. The number of carboxylic acid groups (broad SMARTS) is 1. The Hall–Kier alpha value is -1.35. The van der Waals surface area contributed by atoms with E-state index >= 15 is 0 Å². The highest BCUT2D eigenvalue weighted by Crippen LogP contribution is 2.02. The zero-order chi connectivity index (χ0) is 13.7. The molecule has 0 aliphatic rings. The van der Waals surface area contributed by atoms with Crippen molar-refractivity contribution in [3.05, 3.63) is 35.9 Å². The van der Waals surface area contributed by atoms with Gasteiger partial charge in [-0.2, -0.15) is 0 Å². The van der Waals surface area contributed by atoms with E-state index in [1.807, 2.05) is 58.0 Å². The van der Waals surface area contributed by atoms with Gasteiger partial charge in [0.05, 0.1) is 0 Å². The van der Waals surface area contributed by atoms with Crippen LogP contribution in [0.3, 0.4) is 0 Å². The zero-order valence-electron chi connectivity index (χ0n) is 11.5. The number of aliphatic carboxylic acids is 1. The third-order valence-electron chi connectivity index (χ3n) is 1.93. The molecule has 0 aromatic heterocycles. The second-order valence-corrected chi connectivity index (χ2v) is 2.87. The smallest absolute Gasteiger partial charge is 0.321 e. The zero-order valence-corrected chi connectivity index (χ0v) is 11.5. The summed E-state index contributed by atoms with van der Waals surface area (Å²) in [7, 11) is 1.65. The van der Waals surface area contributed by atoms with Gasteiger partial charge in [-0.15, -0.1) is 0 Å². The van der Waals surface area contributed by atoms with Gasteiger partial charge in [0, 0.05) is 0 Å². The van der Waals surface area contributed by atoms with Crippen LogP contribution in [0.5, 0.6) is 0 Å². The first-order valence-corrected chi connectivity index (χ1v) is 6.18. The Morgan fingerprint density at radius 2 is 1.65 bits per heavy atom. The van der Waals surface area contributed by atoms with Crippen molar-refractivity contribution in [2.24, 2.45) is 0 Å². The summed E-state index contributed by atoms with van der Waals surface area (Å²) < 4.78 is 0. The number of carbonyl (C=O) groups is 1. The Labute approximate surface area is 105 Å². The van der Waals surface area contributed by atoms with Crippen LogP contribution in [0.25, 0.3) is 0 Å². The fraction of sp³-hybridized carbons (Fsp3) is 0.500. The third kappa shape index (κ3) is 8.46. The third-order valence-corrected chi connectivity index (χ3v) is 1.93. The molecule has 0 heterocycles. The van der Waals surface area contributed by atoms with Crippen molar-refractivity contribution in [2.45, 2.75) is 40.2 Å². The molecule has 3 nitrogen and oxygen atoms in total. The van der Waals surface area contributed by atoms with Gasteiger partial charge >= 0.3 is 5.97 Å². The van der Waals surface area contributed by atoms with Crippen molar-refractivity contribution in [3.63, 3.8) is 0 Å². The van der Waals surface area contributed by atoms with Crippen molar-refractivity contribution in [1.29, 1.82) is 0 Å². The highest BCUT2D eigenvalue weighted by atomic mass is 16.4. The van der Waals surface area contributed by atoms with Gasteiger partial charge in [-0.05, 0) is 19.0 Å². The first-order valence-electron chi connectivity index (χ1n) is 6.18. The Balaban J connectivity index is 0. The summed E-state index contributed by atoms with van der Waals surface area (Å²) in [4.78, 5) is 10.7. The van der Waals surface area contributed by atoms with E-state index in [4.69, 9.17) is 5.11 Å². The van der Waals surface area contributed by atoms with E-state index < -0.39 is 12.0 Å². The number of carboxylic acids is 1. The number of rotatable bonds is 4. The minimum absolute atomic E-state index is 0.498. The molecular weight excluding hydrogens is 214 g/mol. The van der Waals surface area contributed by atoms with Crippen molar-refractivity contribution in [1.82, 2.24) is 5.32 Å². The van der Waals surface area contributed by atoms with Gasteiger partial charge in [-0.1, -0.05) is 58.0 Å². The van der Waals surface area contributed by atoms with E-state index in [-0.39, 0.29) is 0 Å². The quantitative estimate of drug-likeness (QED) is 0.849. The summed E-state index contributed by atoms with van der Waals surface area (Å²) in [6.07, 6.45) is 0.521. The molecular formula is C14H25NO2. The molecule has 1 atom stereocenters. The molecule has 0 amide bonds. The first-order chi connectivity index (χ1) is 8.24. The summed E-state index contributed by atoms with van der Waals surface area (Å²) in [6, 6.07) is 9.08. The van der Waals surface area contributed by atoms with Crippen molar-refractivity contribution in [3.8, 4) is 0 Å². The van der Waals surface area contributed by atoms with Crippen LogP contribution in [0.1, 0.15) is 33.3 Å². The van der Waals surface area contributed by atoms with Gasteiger partial charge in [0.2, 0.25) is 0 Å². The molecule has 17 heavy (non-hydrogen) atoms. The van der Waals surface area contributed by atoms with Crippen molar-refractivity contribution < 1.29 is 9.90 Å². The van der Waals surface area contributed by atoms with E-state index in [0.29, 0.717) is 6.42 Å². The number of benzene rings is 1. The van der Waals surface area contributed by atoms with Crippen LogP contribution >= 0.6 is 0 Å². The normalized spacial score (nSPS) is 10.2. The molecule has 0 saturated carbocycles. The van der Waals surface area contributed by atoms with Gasteiger partial charge in [-0.3, -0.25) is 4.79 Å². The van der Waals surface area contributed by atoms with Gasteiger partial charge < -0.3 is 10.4 Å². The van der Waals surface area contributed by atoms with Gasteiger partial charge in [0.1, 0.15) is 6.04 Å². The predicted octanol–water partition coefficient (Wildman–Crippen LogP) is 2.95. The molecule has 0 fully saturated rings. The van der Waals surface area contributed by atoms with Crippen molar-refractivity contribution in [2.75, 3.05) is 7.05 Å². The number of hydrogen-bond acceptors (Lipinski definition) is 2. The van der Waals surface area contributed by atoms with Gasteiger partial charge in [0.15, 0.2) is 0 Å². The Kier molecular flexibility index (Phi) is 13.5. The van der Waals surface area contributed by atoms with Crippen LogP contribution in [0.15, 0.2) is 30.3 Å². The standard InChI is InChI=1S/C10H13NO2.2C2H6/c1-11-9(10(12)13)7-8-5-3-2-4-6-8;2*1-2/h2-6,9,11H,7H2,1H3,(H,12,13);2*1-2H3. The van der Waals surface area contributed by atoms with E-state index in [0.717, 1.165) is 5.56 Å². The SMILES string of the molecule is CC.CC.CNC(Cc1ccccc1)C(=O)O. The first kappa shape index (κ1) is 18.0. The van der Waals surface area contributed by atoms with E-state index in [9.17, 15) is 4.79 Å². The molecule has 1 unspecified atom stereocenters. The number of likely N-dealkylation sites (N-methyl/N-ethyl adjacent to an activating group) is 1.